The Morgan fingerprint density at radius 2 is 2.04 bits per heavy atom. The number of benzene rings is 2. The molecule has 0 aliphatic rings. The number of hydrogen-bond donors (Lipinski definition) is 2. The van der Waals surface area contributed by atoms with Crippen molar-refractivity contribution in [2.24, 2.45) is 0 Å². The number of carbonyl (C=O) groups excluding carboxylic acids is 1. The summed E-state index contributed by atoms with van der Waals surface area (Å²) in [6.45, 7) is 4.49. The van der Waals surface area contributed by atoms with Gasteiger partial charge in [0, 0.05) is 5.69 Å². The van der Waals surface area contributed by atoms with Crippen molar-refractivity contribution in [3.63, 3.8) is 0 Å². The van der Waals surface area contributed by atoms with Crippen LogP contribution in [0.25, 0.3) is 0 Å². The van der Waals surface area contributed by atoms with Crippen LogP contribution < -0.4 is 15.4 Å². The quantitative estimate of drug-likeness (QED) is 0.533. The zero-order valence-electron chi connectivity index (χ0n) is 15.1. The van der Waals surface area contributed by atoms with Gasteiger partial charge >= 0.3 is 0 Å². The summed E-state index contributed by atoms with van der Waals surface area (Å²) in [5.74, 6) is 0.800. The topological polar surface area (TPSA) is 76.1 Å². The van der Waals surface area contributed by atoms with Gasteiger partial charge in [-0.1, -0.05) is 47.4 Å². The average Bonchev–Trinajstić information content (AvgIpc) is 3.09. The van der Waals surface area contributed by atoms with Crippen LogP contribution in [0.5, 0.6) is 5.75 Å². The highest BCUT2D eigenvalue weighted by Crippen LogP contribution is 2.29. The monoisotopic (exact) mass is 400 g/mol. The number of aromatic nitrogens is 2. The summed E-state index contributed by atoms with van der Waals surface area (Å²) in [5.41, 5.74) is 2.81. The molecule has 1 aromatic heterocycles. The molecule has 27 heavy (non-hydrogen) atoms. The maximum Gasteiger partial charge on any atom is 0.234 e. The first-order valence-corrected chi connectivity index (χ1v) is 10.3. The van der Waals surface area contributed by atoms with Gasteiger partial charge in [0.25, 0.3) is 0 Å². The third-order valence-electron chi connectivity index (χ3n) is 3.46. The first kappa shape index (κ1) is 19.2. The van der Waals surface area contributed by atoms with Crippen molar-refractivity contribution in [3.05, 3.63) is 54.1 Å². The van der Waals surface area contributed by atoms with Crippen molar-refractivity contribution >= 4 is 45.5 Å². The number of hydrogen-bond acceptors (Lipinski definition) is 7. The number of nitrogens with one attached hydrogen (secondary N) is 2. The third-order valence-corrected chi connectivity index (χ3v) is 5.44. The minimum Gasteiger partial charge on any atom is -0.492 e. The summed E-state index contributed by atoms with van der Waals surface area (Å²) in [4.78, 5) is 12.2. The van der Waals surface area contributed by atoms with E-state index < -0.39 is 0 Å². The van der Waals surface area contributed by atoms with Gasteiger partial charge in [-0.2, -0.15) is 0 Å². The van der Waals surface area contributed by atoms with E-state index in [-0.39, 0.29) is 11.7 Å². The number of para-hydroxylation sites is 2. The van der Waals surface area contributed by atoms with Crippen molar-refractivity contribution in [3.8, 4) is 5.75 Å². The Morgan fingerprint density at radius 3 is 2.85 bits per heavy atom. The van der Waals surface area contributed by atoms with Crippen LogP contribution in [0.15, 0.2) is 52.9 Å². The fourth-order valence-electron chi connectivity index (χ4n) is 2.33. The maximum atomic E-state index is 12.2. The number of thioether (sulfide) groups is 1. The molecule has 140 valence electrons. The maximum absolute atomic E-state index is 12.2. The summed E-state index contributed by atoms with van der Waals surface area (Å²) < 4.78 is 6.25. The molecular formula is C19H20N4O2S2. The predicted octanol–water partition coefficient (Wildman–Crippen LogP) is 4.72. The molecule has 1 heterocycles. The lowest BCUT2D eigenvalue weighted by Gasteiger charge is -2.10. The van der Waals surface area contributed by atoms with Crippen LogP contribution in [-0.4, -0.2) is 28.5 Å². The van der Waals surface area contributed by atoms with Crippen LogP contribution in [-0.2, 0) is 4.79 Å². The van der Waals surface area contributed by atoms with Crippen molar-refractivity contribution < 1.29 is 9.53 Å². The van der Waals surface area contributed by atoms with Gasteiger partial charge in [-0.15, -0.1) is 10.2 Å². The Morgan fingerprint density at radius 1 is 1.19 bits per heavy atom. The van der Waals surface area contributed by atoms with E-state index in [1.54, 1.807) is 0 Å². The number of anilines is 3. The molecule has 0 fully saturated rings. The SMILES string of the molecule is CCOc1ccccc1NC(=O)CSc1nnc(Nc2cccc(C)c2)s1. The molecule has 0 radical (unpaired) electrons. The van der Waals surface area contributed by atoms with Crippen LogP contribution in [0.1, 0.15) is 12.5 Å². The number of aryl methyl sites for hydroxylation is 1. The van der Waals surface area contributed by atoms with E-state index in [0.717, 1.165) is 10.0 Å². The van der Waals surface area contributed by atoms with Crippen molar-refractivity contribution in [2.45, 2.75) is 18.2 Å². The summed E-state index contributed by atoms with van der Waals surface area (Å²) >= 11 is 2.77. The van der Waals surface area contributed by atoms with Crippen LogP contribution in [0, 0.1) is 6.92 Å². The molecule has 3 aromatic rings. The third kappa shape index (κ3) is 5.70. The van der Waals surface area contributed by atoms with Gasteiger partial charge in [0.1, 0.15) is 5.75 Å². The Hall–Kier alpha value is -2.58. The molecule has 0 unspecified atom stereocenters. The lowest BCUT2D eigenvalue weighted by molar-refractivity contribution is -0.113. The number of amides is 1. The molecule has 0 atom stereocenters. The molecule has 0 saturated heterocycles. The van der Waals surface area contributed by atoms with Gasteiger partial charge in [0.2, 0.25) is 11.0 Å². The summed E-state index contributed by atoms with van der Waals surface area (Å²) in [6, 6.07) is 15.4. The second-order valence-electron chi connectivity index (χ2n) is 5.63. The van der Waals surface area contributed by atoms with E-state index in [2.05, 4.69) is 20.8 Å². The van der Waals surface area contributed by atoms with E-state index in [9.17, 15) is 4.79 Å². The summed E-state index contributed by atoms with van der Waals surface area (Å²) in [5, 5.41) is 15.1. The smallest absolute Gasteiger partial charge is 0.234 e. The van der Waals surface area contributed by atoms with Gasteiger partial charge in [0.15, 0.2) is 4.34 Å². The molecule has 0 saturated carbocycles. The highest BCUT2D eigenvalue weighted by atomic mass is 32.2. The first-order chi connectivity index (χ1) is 13.1. The molecule has 0 aliphatic carbocycles. The van der Waals surface area contributed by atoms with Crippen LogP contribution >= 0.6 is 23.1 Å². The fraction of sp³-hybridized carbons (Fsp3) is 0.211. The number of rotatable bonds is 8. The molecule has 8 heteroatoms. The lowest BCUT2D eigenvalue weighted by atomic mass is 10.2. The Balaban J connectivity index is 1.53. The molecule has 0 bridgehead atoms. The molecule has 3 rings (SSSR count). The second-order valence-corrected chi connectivity index (χ2v) is 7.83. The van der Waals surface area contributed by atoms with Crippen LogP contribution in [0.3, 0.4) is 0 Å². The van der Waals surface area contributed by atoms with E-state index in [0.29, 0.717) is 23.2 Å². The molecular weight excluding hydrogens is 380 g/mol. The lowest BCUT2D eigenvalue weighted by Crippen LogP contribution is -2.14. The Kier molecular flexibility index (Phi) is 6.67. The summed E-state index contributed by atoms with van der Waals surface area (Å²) in [6.07, 6.45) is 0. The molecule has 2 N–H and O–H groups in total. The standard InChI is InChI=1S/C19H20N4O2S2/c1-3-25-16-10-5-4-9-15(16)21-17(24)12-26-19-23-22-18(27-19)20-14-8-6-7-13(2)11-14/h4-11H,3,12H2,1-2H3,(H,20,22)(H,21,24). The van der Waals surface area contributed by atoms with E-state index in [4.69, 9.17) is 4.74 Å². The minimum absolute atomic E-state index is 0.115. The minimum atomic E-state index is -0.115. The molecule has 0 aliphatic heterocycles. The number of ether oxygens (including phenoxy) is 1. The van der Waals surface area contributed by atoms with Gasteiger partial charge in [-0.05, 0) is 43.7 Å². The van der Waals surface area contributed by atoms with E-state index >= 15 is 0 Å². The second kappa shape index (κ2) is 9.38. The molecule has 6 nitrogen and oxygen atoms in total. The van der Waals surface area contributed by atoms with E-state index in [1.807, 2.05) is 62.4 Å². The predicted molar refractivity (Wildman–Crippen MR) is 111 cm³/mol. The Labute approximate surface area is 166 Å². The summed E-state index contributed by atoms with van der Waals surface area (Å²) in [7, 11) is 0. The molecule has 1 amide bonds. The fourth-order valence-corrected chi connectivity index (χ4v) is 3.90. The highest BCUT2D eigenvalue weighted by molar-refractivity contribution is 8.01. The van der Waals surface area contributed by atoms with Crippen molar-refractivity contribution in [1.29, 1.82) is 0 Å². The highest BCUT2D eigenvalue weighted by Gasteiger charge is 2.11. The molecule has 0 spiro atoms. The van der Waals surface area contributed by atoms with Gasteiger partial charge in [-0.25, -0.2) is 0 Å². The van der Waals surface area contributed by atoms with Crippen molar-refractivity contribution in [2.75, 3.05) is 23.0 Å². The van der Waals surface area contributed by atoms with Gasteiger partial charge < -0.3 is 15.4 Å². The average molecular weight is 401 g/mol. The number of carbonyl (C=O) groups is 1. The van der Waals surface area contributed by atoms with Crippen LogP contribution in [0.4, 0.5) is 16.5 Å². The molecule has 2 aromatic carbocycles. The number of nitrogens with zero attached hydrogens (tertiary/aromatic N) is 2. The Bertz CT molecular complexity index is 914. The van der Waals surface area contributed by atoms with Gasteiger partial charge in [-0.3, -0.25) is 4.79 Å². The first-order valence-electron chi connectivity index (χ1n) is 8.45. The van der Waals surface area contributed by atoms with E-state index in [1.165, 1.54) is 28.7 Å². The normalized spacial score (nSPS) is 10.4. The van der Waals surface area contributed by atoms with Crippen molar-refractivity contribution in [1.82, 2.24) is 10.2 Å². The zero-order valence-corrected chi connectivity index (χ0v) is 16.7. The van der Waals surface area contributed by atoms with Crippen LogP contribution in [0.2, 0.25) is 0 Å². The zero-order chi connectivity index (χ0) is 19.1. The van der Waals surface area contributed by atoms with Gasteiger partial charge in [0.05, 0.1) is 18.0 Å². The largest absolute Gasteiger partial charge is 0.492 e.